The number of piperidine rings is 1. The largest absolute Gasteiger partial charge is 0.493 e. The number of pyridine rings is 1. The first kappa shape index (κ1) is 19.6. The van der Waals surface area contributed by atoms with Crippen LogP contribution in [0, 0.1) is 11.7 Å². The van der Waals surface area contributed by atoms with Crippen molar-refractivity contribution in [1.29, 1.82) is 0 Å². The van der Waals surface area contributed by atoms with E-state index in [1.165, 1.54) is 31.5 Å². The number of nitrogens with one attached hydrogen (secondary N) is 1. The number of nitrogen functional groups attached to an aromatic ring is 1. The molecule has 0 unspecified atom stereocenters. The zero-order chi connectivity index (χ0) is 20.3. The highest BCUT2D eigenvalue weighted by molar-refractivity contribution is 6.39. The minimum atomic E-state index is -0.769. The third-order valence-electron chi connectivity index (χ3n) is 4.89. The van der Waals surface area contributed by atoms with Gasteiger partial charge in [-0.1, -0.05) is 19.1 Å². The van der Waals surface area contributed by atoms with E-state index in [-0.39, 0.29) is 23.6 Å². The van der Waals surface area contributed by atoms with Crippen LogP contribution in [0.15, 0.2) is 36.5 Å². The topological polar surface area (TPSA) is 97.5 Å². The van der Waals surface area contributed by atoms with Crippen LogP contribution < -0.4 is 15.8 Å². The van der Waals surface area contributed by atoms with Crippen LogP contribution in [0.25, 0.3) is 0 Å². The number of nitrogens with two attached hydrogens (primary N) is 1. The number of methoxy groups -OCH3 is 1. The van der Waals surface area contributed by atoms with Crippen molar-refractivity contribution in [2.75, 3.05) is 24.7 Å². The fraction of sp³-hybridized carbons (Fsp3) is 0.350. The first-order valence-corrected chi connectivity index (χ1v) is 9.06. The number of rotatable bonds is 3. The molecule has 1 aliphatic heterocycles. The molecule has 1 aromatic carbocycles. The SMILES string of the molecule is COc1cc(NC(=O)C(=O)N2C[C@H](C)CC[C@H]2c2ccc(F)cc2)cnc1N. The molecule has 0 aliphatic carbocycles. The normalized spacial score (nSPS) is 19.2. The van der Waals surface area contributed by atoms with E-state index >= 15 is 0 Å². The van der Waals surface area contributed by atoms with Crippen LogP contribution in [0.5, 0.6) is 5.75 Å². The number of anilines is 2. The van der Waals surface area contributed by atoms with Crippen molar-refractivity contribution in [1.82, 2.24) is 9.88 Å². The fourth-order valence-electron chi connectivity index (χ4n) is 3.41. The smallest absolute Gasteiger partial charge is 0.313 e. The molecule has 0 bridgehead atoms. The van der Waals surface area contributed by atoms with Gasteiger partial charge < -0.3 is 20.7 Å². The quantitative estimate of drug-likeness (QED) is 0.791. The van der Waals surface area contributed by atoms with Gasteiger partial charge in [0.2, 0.25) is 0 Å². The molecule has 1 aliphatic rings. The van der Waals surface area contributed by atoms with Crippen LogP contribution in [0.1, 0.15) is 31.4 Å². The molecule has 2 amide bonds. The van der Waals surface area contributed by atoms with Gasteiger partial charge in [-0.05, 0) is 36.5 Å². The lowest BCUT2D eigenvalue weighted by molar-refractivity contribution is -0.146. The molecule has 8 heteroatoms. The molecular formula is C20H23FN4O3. The number of hydrogen-bond acceptors (Lipinski definition) is 5. The predicted molar refractivity (Wildman–Crippen MR) is 103 cm³/mol. The van der Waals surface area contributed by atoms with E-state index in [1.54, 1.807) is 17.0 Å². The summed E-state index contributed by atoms with van der Waals surface area (Å²) in [6.45, 7) is 2.49. The first-order valence-electron chi connectivity index (χ1n) is 9.06. The molecule has 1 fully saturated rings. The van der Waals surface area contributed by atoms with E-state index in [0.717, 1.165) is 12.0 Å². The molecule has 0 saturated carbocycles. The van der Waals surface area contributed by atoms with Crippen LogP contribution in [0.4, 0.5) is 15.9 Å². The Labute approximate surface area is 162 Å². The summed E-state index contributed by atoms with van der Waals surface area (Å²) in [5.74, 6) is -0.985. The van der Waals surface area contributed by atoms with Gasteiger partial charge >= 0.3 is 11.8 Å². The van der Waals surface area contributed by atoms with Gasteiger partial charge in [0.15, 0.2) is 11.6 Å². The molecule has 1 saturated heterocycles. The van der Waals surface area contributed by atoms with Gasteiger partial charge in [-0.25, -0.2) is 9.37 Å². The summed E-state index contributed by atoms with van der Waals surface area (Å²) >= 11 is 0. The number of carbonyl (C=O) groups excluding carboxylic acids is 2. The molecule has 2 heterocycles. The standard InChI is InChI=1S/C20H23FN4O3/c1-12-3-8-16(13-4-6-14(21)7-5-13)25(11-12)20(27)19(26)24-15-9-17(28-2)18(22)23-10-15/h4-7,9-10,12,16H,3,8,11H2,1-2H3,(H2,22,23)(H,24,26)/t12-,16+/m1/s1. The highest BCUT2D eigenvalue weighted by Crippen LogP contribution is 2.33. The molecule has 1 aromatic heterocycles. The zero-order valence-electron chi connectivity index (χ0n) is 15.8. The number of amides is 2. The van der Waals surface area contributed by atoms with Gasteiger partial charge in [-0.2, -0.15) is 0 Å². The Kier molecular flexibility index (Phi) is 5.77. The van der Waals surface area contributed by atoms with Crippen LogP contribution in [-0.2, 0) is 9.59 Å². The van der Waals surface area contributed by atoms with Gasteiger partial charge in [-0.3, -0.25) is 9.59 Å². The highest BCUT2D eigenvalue weighted by atomic mass is 19.1. The Morgan fingerprint density at radius 3 is 2.68 bits per heavy atom. The molecule has 2 atom stereocenters. The lowest BCUT2D eigenvalue weighted by atomic mass is 9.90. The van der Waals surface area contributed by atoms with E-state index in [9.17, 15) is 14.0 Å². The van der Waals surface area contributed by atoms with Crippen molar-refractivity contribution in [2.24, 2.45) is 5.92 Å². The van der Waals surface area contributed by atoms with Gasteiger partial charge in [-0.15, -0.1) is 0 Å². The van der Waals surface area contributed by atoms with E-state index < -0.39 is 11.8 Å². The maximum atomic E-state index is 13.3. The third kappa shape index (κ3) is 4.21. The summed E-state index contributed by atoms with van der Waals surface area (Å²) in [7, 11) is 1.44. The fourth-order valence-corrected chi connectivity index (χ4v) is 3.41. The first-order chi connectivity index (χ1) is 13.4. The summed E-state index contributed by atoms with van der Waals surface area (Å²) in [6.07, 6.45) is 2.99. The van der Waals surface area contributed by atoms with Gasteiger partial charge in [0.25, 0.3) is 0 Å². The van der Waals surface area contributed by atoms with Crippen molar-refractivity contribution < 1.29 is 18.7 Å². The Morgan fingerprint density at radius 2 is 2.00 bits per heavy atom. The molecule has 3 N–H and O–H groups in total. The maximum absolute atomic E-state index is 13.3. The Morgan fingerprint density at radius 1 is 1.29 bits per heavy atom. The van der Waals surface area contributed by atoms with Crippen LogP contribution in [0.3, 0.4) is 0 Å². The number of carbonyl (C=O) groups is 2. The third-order valence-corrected chi connectivity index (χ3v) is 4.89. The average Bonchev–Trinajstić information content (AvgIpc) is 2.69. The van der Waals surface area contributed by atoms with E-state index in [4.69, 9.17) is 10.5 Å². The zero-order valence-corrected chi connectivity index (χ0v) is 15.8. The monoisotopic (exact) mass is 386 g/mol. The predicted octanol–water partition coefficient (Wildman–Crippen LogP) is 2.75. The van der Waals surface area contributed by atoms with Gasteiger partial charge in [0.1, 0.15) is 5.82 Å². The molecule has 2 aromatic rings. The number of benzene rings is 1. The number of aromatic nitrogens is 1. The number of halogens is 1. The molecule has 148 valence electrons. The Bertz CT molecular complexity index is 872. The van der Waals surface area contributed by atoms with Crippen molar-refractivity contribution in [3.8, 4) is 5.75 Å². The number of hydrogen-bond donors (Lipinski definition) is 2. The summed E-state index contributed by atoms with van der Waals surface area (Å²) in [6, 6.07) is 7.27. The minimum Gasteiger partial charge on any atom is -0.493 e. The molecule has 3 rings (SSSR count). The Balaban J connectivity index is 1.79. The lowest BCUT2D eigenvalue weighted by Gasteiger charge is -2.38. The van der Waals surface area contributed by atoms with Crippen LogP contribution in [0.2, 0.25) is 0 Å². The van der Waals surface area contributed by atoms with Crippen molar-refractivity contribution in [2.45, 2.75) is 25.8 Å². The van der Waals surface area contributed by atoms with Crippen molar-refractivity contribution in [3.63, 3.8) is 0 Å². The summed E-state index contributed by atoms with van der Waals surface area (Å²) in [5.41, 5.74) is 6.79. The summed E-state index contributed by atoms with van der Waals surface area (Å²) < 4.78 is 18.3. The highest BCUT2D eigenvalue weighted by Gasteiger charge is 2.34. The van der Waals surface area contributed by atoms with Gasteiger partial charge in [0, 0.05) is 12.6 Å². The minimum absolute atomic E-state index is 0.188. The van der Waals surface area contributed by atoms with E-state index in [2.05, 4.69) is 10.3 Å². The lowest BCUT2D eigenvalue weighted by Crippen LogP contribution is -2.46. The van der Waals surface area contributed by atoms with Gasteiger partial charge in [0.05, 0.1) is 25.0 Å². The summed E-state index contributed by atoms with van der Waals surface area (Å²) in [5, 5.41) is 2.55. The molecule has 7 nitrogen and oxygen atoms in total. The summed E-state index contributed by atoms with van der Waals surface area (Å²) in [4.78, 5) is 30.9. The molecule has 0 radical (unpaired) electrons. The second-order valence-corrected chi connectivity index (χ2v) is 6.97. The maximum Gasteiger partial charge on any atom is 0.313 e. The number of likely N-dealkylation sites (tertiary alicyclic amines) is 1. The van der Waals surface area contributed by atoms with Crippen LogP contribution >= 0.6 is 0 Å². The van der Waals surface area contributed by atoms with E-state index in [1.807, 2.05) is 6.92 Å². The second kappa shape index (κ2) is 8.24. The average molecular weight is 386 g/mol. The van der Waals surface area contributed by atoms with E-state index in [0.29, 0.717) is 24.4 Å². The number of nitrogens with zero attached hydrogens (tertiary/aromatic N) is 2. The van der Waals surface area contributed by atoms with Crippen LogP contribution in [-0.4, -0.2) is 35.4 Å². The second-order valence-electron chi connectivity index (χ2n) is 6.97. The molecule has 28 heavy (non-hydrogen) atoms. The molecule has 0 spiro atoms. The van der Waals surface area contributed by atoms with Crippen molar-refractivity contribution >= 4 is 23.3 Å². The molecular weight excluding hydrogens is 363 g/mol. The number of ether oxygens (including phenoxy) is 1. The van der Waals surface area contributed by atoms with Crippen molar-refractivity contribution in [3.05, 3.63) is 47.9 Å². The Hall–Kier alpha value is -3.16.